The molecule has 86 valence electrons. The minimum absolute atomic E-state index is 0.0180. The maximum Gasteiger partial charge on any atom is 0.269 e. The van der Waals surface area contributed by atoms with Crippen molar-refractivity contribution in [3.63, 3.8) is 0 Å². The normalized spacial score (nSPS) is 9.75. The second-order valence-electron chi connectivity index (χ2n) is 3.17. The van der Waals surface area contributed by atoms with E-state index in [1.807, 2.05) is 0 Å². The molecule has 1 aromatic rings. The smallest absolute Gasteiger partial charge is 0.269 e. The van der Waals surface area contributed by atoms with Crippen molar-refractivity contribution in [1.29, 1.82) is 0 Å². The lowest BCUT2D eigenvalue weighted by molar-refractivity contribution is -0.384. The van der Waals surface area contributed by atoms with Crippen LogP contribution in [0.1, 0.15) is 12.8 Å². The highest BCUT2D eigenvalue weighted by Crippen LogP contribution is 2.17. The third kappa shape index (κ3) is 3.95. The van der Waals surface area contributed by atoms with Crippen LogP contribution in [-0.2, 0) is 4.79 Å². The Kier molecular flexibility index (Phi) is 4.26. The number of hydrogen-bond acceptors (Lipinski definition) is 4. The fourth-order valence-electron chi connectivity index (χ4n) is 1.10. The average Bonchev–Trinajstić information content (AvgIpc) is 2.25. The van der Waals surface area contributed by atoms with Crippen molar-refractivity contribution in [2.75, 3.05) is 6.61 Å². The average molecular weight is 224 g/mol. The van der Waals surface area contributed by atoms with Gasteiger partial charge in [-0.15, -0.1) is 0 Å². The molecule has 0 bridgehead atoms. The lowest BCUT2D eigenvalue weighted by Gasteiger charge is -2.04. The molecule has 0 saturated heterocycles. The molecule has 16 heavy (non-hydrogen) atoms. The Morgan fingerprint density at radius 3 is 2.50 bits per heavy atom. The summed E-state index contributed by atoms with van der Waals surface area (Å²) in [6, 6.07) is 5.76. The third-order valence-electron chi connectivity index (χ3n) is 1.88. The number of carbonyl (C=O) groups excluding carboxylic acids is 1. The van der Waals surface area contributed by atoms with Crippen LogP contribution in [0.2, 0.25) is 0 Å². The van der Waals surface area contributed by atoms with E-state index in [0.717, 1.165) is 0 Å². The molecule has 2 N–H and O–H groups in total. The quantitative estimate of drug-likeness (QED) is 0.446. The Balaban J connectivity index is 2.38. The van der Waals surface area contributed by atoms with E-state index in [1.54, 1.807) is 0 Å². The number of carbonyl (C=O) groups is 1. The van der Waals surface area contributed by atoms with Crippen molar-refractivity contribution < 1.29 is 14.5 Å². The standard InChI is InChI=1S/C10H12N2O4/c11-10(13)2-1-7-16-9-5-3-8(4-6-9)12(14)15/h3-6H,1-2,7H2,(H2,11,13). The summed E-state index contributed by atoms with van der Waals surface area (Å²) >= 11 is 0. The number of amides is 1. The number of ether oxygens (including phenoxy) is 1. The molecule has 0 unspecified atom stereocenters. The first kappa shape index (κ1) is 12.0. The van der Waals surface area contributed by atoms with Crippen LogP contribution < -0.4 is 10.5 Å². The number of benzene rings is 1. The van der Waals surface area contributed by atoms with Crippen molar-refractivity contribution in [1.82, 2.24) is 0 Å². The highest BCUT2D eigenvalue weighted by molar-refractivity contribution is 5.73. The second-order valence-corrected chi connectivity index (χ2v) is 3.17. The number of nitrogens with zero attached hydrogens (tertiary/aromatic N) is 1. The molecule has 0 aromatic heterocycles. The van der Waals surface area contributed by atoms with E-state index in [1.165, 1.54) is 24.3 Å². The van der Waals surface area contributed by atoms with Gasteiger partial charge in [0.05, 0.1) is 11.5 Å². The van der Waals surface area contributed by atoms with Gasteiger partial charge >= 0.3 is 0 Å². The molecule has 6 heteroatoms. The molecule has 0 heterocycles. The zero-order chi connectivity index (χ0) is 12.0. The van der Waals surface area contributed by atoms with E-state index in [0.29, 0.717) is 18.8 Å². The van der Waals surface area contributed by atoms with Gasteiger partial charge in [-0.3, -0.25) is 14.9 Å². The fraction of sp³-hybridized carbons (Fsp3) is 0.300. The highest BCUT2D eigenvalue weighted by atomic mass is 16.6. The summed E-state index contributed by atoms with van der Waals surface area (Å²) < 4.78 is 5.26. The van der Waals surface area contributed by atoms with Crippen LogP contribution in [0.3, 0.4) is 0 Å². The number of primary amides is 1. The molecule has 1 aromatic carbocycles. The van der Waals surface area contributed by atoms with Crippen LogP contribution in [0, 0.1) is 10.1 Å². The molecule has 0 fully saturated rings. The zero-order valence-corrected chi connectivity index (χ0v) is 8.59. The molecule has 0 radical (unpaired) electrons. The Bertz CT molecular complexity index is 375. The number of rotatable bonds is 6. The van der Waals surface area contributed by atoms with E-state index in [2.05, 4.69) is 0 Å². The molecule has 0 atom stereocenters. The summed E-state index contributed by atoms with van der Waals surface area (Å²) in [6.07, 6.45) is 0.805. The topological polar surface area (TPSA) is 95.5 Å². The summed E-state index contributed by atoms with van der Waals surface area (Å²) in [5, 5.41) is 10.4. The van der Waals surface area contributed by atoms with E-state index in [-0.39, 0.29) is 18.0 Å². The Morgan fingerprint density at radius 2 is 2.00 bits per heavy atom. The van der Waals surface area contributed by atoms with Gasteiger partial charge < -0.3 is 10.5 Å². The van der Waals surface area contributed by atoms with Crippen LogP contribution in [0.4, 0.5) is 5.69 Å². The minimum atomic E-state index is -0.475. The van der Waals surface area contributed by atoms with Crippen LogP contribution in [0.5, 0.6) is 5.75 Å². The van der Waals surface area contributed by atoms with Gasteiger partial charge in [-0.25, -0.2) is 0 Å². The van der Waals surface area contributed by atoms with Gasteiger partial charge in [0.1, 0.15) is 5.75 Å². The molecular weight excluding hydrogens is 212 g/mol. The van der Waals surface area contributed by atoms with Gasteiger partial charge in [-0.05, 0) is 18.6 Å². The SMILES string of the molecule is NC(=O)CCCOc1ccc([N+](=O)[O-])cc1. The van der Waals surface area contributed by atoms with Crippen molar-refractivity contribution in [2.45, 2.75) is 12.8 Å². The number of nitrogens with two attached hydrogens (primary N) is 1. The van der Waals surface area contributed by atoms with Gasteiger partial charge in [-0.2, -0.15) is 0 Å². The van der Waals surface area contributed by atoms with Crippen molar-refractivity contribution in [3.05, 3.63) is 34.4 Å². The summed E-state index contributed by atoms with van der Waals surface area (Å²) in [5.41, 5.74) is 4.97. The van der Waals surface area contributed by atoms with Gasteiger partial charge in [0.15, 0.2) is 0 Å². The second kappa shape index (κ2) is 5.69. The summed E-state index contributed by atoms with van der Waals surface area (Å²) in [4.78, 5) is 20.3. The molecular formula is C10H12N2O4. The van der Waals surface area contributed by atoms with E-state index in [4.69, 9.17) is 10.5 Å². The zero-order valence-electron chi connectivity index (χ0n) is 8.59. The number of nitro benzene ring substituents is 1. The number of hydrogen-bond donors (Lipinski definition) is 1. The van der Waals surface area contributed by atoms with E-state index < -0.39 is 4.92 Å². The van der Waals surface area contributed by atoms with Crippen LogP contribution >= 0.6 is 0 Å². The van der Waals surface area contributed by atoms with Gasteiger partial charge in [0.2, 0.25) is 5.91 Å². The first-order valence-electron chi connectivity index (χ1n) is 4.75. The maximum atomic E-state index is 10.4. The monoisotopic (exact) mass is 224 g/mol. The summed E-state index contributed by atoms with van der Waals surface area (Å²) in [7, 11) is 0. The fourth-order valence-corrected chi connectivity index (χ4v) is 1.10. The molecule has 0 aliphatic carbocycles. The number of non-ortho nitro benzene ring substituents is 1. The van der Waals surface area contributed by atoms with Gasteiger partial charge in [0.25, 0.3) is 5.69 Å². The first-order valence-corrected chi connectivity index (χ1v) is 4.75. The largest absolute Gasteiger partial charge is 0.494 e. The summed E-state index contributed by atoms with van der Waals surface area (Å²) in [6.45, 7) is 0.362. The molecule has 1 rings (SSSR count). The lowest BCUT2D eigenvalue weighted by Crippen LogP contribution is -2.11. The van der Waals surface area contributed by atoms with Crippen molar-refractivity contribution >= 4 is 11.6 Å². The van der Waals surface area contributed by atoms with Crippen molar-refractivity contribution in [2.24, 2.45) is 5.73 Å². The molecule has 0 spiro atoms. The van der Waals surface area contributed by atoms with Crippen molar-refractivity contribution in [3.8, 4) is 5.75 Å². The Hall–Kier alpha value is -2.11. The Morgan fingerprint density at radius 1 is 1.38 bits per heavy atom. The van der Waals surface area contributed by atoms with Gasteiger partial charge in [-0.1, -0.05) is 0 Å². The molecule has 6 nitrogen and oxygen atoms in total. The third-order valence-corrected chi connectivity index (χ3v) is 1.88. The summed E-state index contributed by atoms with van der Waals surface area (Å²) in [5.74, 6) is 0.169. The van der Waals surface area contributed by atoms with E-state index >= 15 is 0 Å². The van der Waals surface area contributed by atoms with Gasteiger partial charge in [0, 0.05) is 18.6 Å². The molecule has 1 amide bonds. The van der Waals surface area contributed by atoms with Crippen LogP contribution in [0.25, 0.3) is 0 Å². The number of nitro groups is 1. The molecule has 0 saturated carbocycles. The minimum Gasteiger partial charge on any atom is -0.494 e. The maximum absolute atomic E-state index is 10.4. The predicted molar refractivity (Wildman–Crippen MR) is 57.0 cm³/mol. The molecule has 0 aliphatic rings. The predicted octanol–water partition coefficient (Wildman–Crippen LogP) is 1.24. The molecule has 0 aliphatic heterocycles. The van der Waals surface area contributed by atoms with E-state index in [9.17, 15) is 14.9 Å². The van der Waals surface area contributed by atoms with Crippen LogP contribution in [-0.4, -0.2) is 17.4 Å². The van der Waals surface area contributed by atoms with Crippen LogP contribution in [0.15, 0.2) is 24.3 Å². The first-order chi connectivity index (χ1) is 7.59. The highest BCUT2D eigenvalue weighted by Gasteiger charge is 2.04. The lowest BCUT2D eigenvalue weighted by atomic mass is 10.3. The Labute approximate surface area is 92.2 Å².